The average Bonchev–Trinajstić information content (AvgIpc) is 2.32. The van der Waals surface area contributed by atoms with Gasteiger partial charge in [-0.15, -0.1) is 0 Å². The third-order valence-corrected chi connectivity index (χ3v) is 3.94. The number of hydrogen-bond donors (Lipinski definition) is 1. The SMILES string of the molecule is CCCNC(CCC(C)(C)C)c1cccc(C)c1Cl. The zero-order chi connectivity index (χ0) is 14.5. The van der Waals surface area contributed by atoms with Crippen molar-refractivity contribution in [3.8, 4) is 0 Å². The van der Waals surface area contributed by atoms with Crippen molar-refractivity contribution in [1.82, 2.24) is 5.32 Å². The Morgan fingerprint density at radius 1 is 1.26 bits per heavy atom. The molecule has 1 nitrogen and oxygen atoms in total. The van der Waals surface area contributed by atoms with E-state index in [9.17, 15) is 0 Å². The predicted octanol–water partition coefficient (Wildman–Crippen LogP) is 5.52. The van der Waals surface area contributed by atoms with Gasteiger partial charge in [0.1, 0.15) is 0 Å². The van der Waals surface area contributed by atoms with Crippen molar-refractivity contribution in [3.05, 3.63) is 34.3 Å². The van der Waals surface area contributed by atoms with Gasteiger partial charge in [-0.05, 0) is 49.3 Å². The molecule has 0 aliphatic rings. The maximum Gasteiger partial charge on any atom is 0.0482 e. The molecule has 0 fully saturated rings. The lowest BCUT2D eigenvalue weighted by Gasteiger charge is -2.25. The molecule has 1 aromatic rings. The molecule has 1 unspecified atom stereocenters. The smallest absolute Gasteiger partial charge is 0.0482 e. The molecule has 0 aromatic heterocycles. The van der Waals surface area contributed by atoms with Gasteiger partial charge in [0.2, 0.25) is 0 Å². The molecule has 0 saturated heterocycles. The van der Waals surface area contributed by atoms with Gasteiger partial charge < -0.3 is 5.32 Å². The van der Waals surface area contributed by atoms with Crippen LogP contribution < -0.4 is 5.32 Å². The molecule has 0 bridgehead atoms. The second-order valence-electron chi connectivity index (χ2n) is 6.58. The molecule has 0 aliphatic carbocycles. The second-order valence-corrected chi connectivity index (χ2v) is 6.96. The highest BCUT2D eigenvalue weighted by Gasteiger charge is 2.18. The minimum atomic E-state index is 0.364. The van der Waals surface area contributed by atoms with E-state index in [1.165, 1.54) is 17.5 Å². The first-order chi connectivity index (χ1) is 8.85. The summed E-state index contributed by atoms with van der Waals surface area (Å²) in [4.78, 5) is 0. The summed E-state index contributed by atoms with van der Waals surface area (Å²) in [6.07, 6.45) is 3.47. The van der Waals surface area contributed by atoms with Gasteiger partial charge in [0.25, 0.3) is 0 Å². The van der Waals surface area contributed by atoms with Gasteiger partial charge in [-0.3, -0.25) is 0 Å². The number of halogens is 1. The van der Waals surface area contributed by atoms with Crippen molar-refractivity contribution in [1.29, 1.82) is 0 Å². The van der Waals surface area contributed by atoms with Gasteiger partial charge in [-0.2, -0.15) is 0 Å². The van der Waals surface area contributed by atoms with Crippen molar-refractivity contribution in [2.45, 2.75) is 59.9 Å². The molecule has 1 N–H and O–H groups in total. The molecule has 1 atom stereocenters. The largest absolute Gasteiger partial charge is 0.310 e. The standard InChI is InChI=1S/C17H28ClN/c1-6-12-19-15(10-11-17(3,4)5)14-9-7-8-13(2)16(14)18/h7-9,15,19H,6,10-12H2,1-5H3. The van der Waals surface area contributed by atoms with E-state index in [4.69, 9.17) is 11.6 Å². The average molecular weight is 282 g/mol. The predicted molar refractivity (Wildman–Crippen MR) is 85.9 cm³/mol. The van der Waals surface area contributed by atoms with Crippen molar-refractivity contribution in [3.63, 3.8) is 0 Å². The van der Waals surface area contributed by atoms with Gasteiger partial charge >= 0.3 is 0 Å². The van der Waals surface area contributed by atoms with E-state index >= 15 is 0 Å². The molecule has 0 aliphatic heterocycles. The minimum absolute atomic E-state index is 0.364. The maximum absolute atomic E-state index is 6.48. The van der Waals surface area contributed by atoms with Gasteiger partial charge in [-0.1, -0.05) is 57.5 Å². The Morgan fingerprint density at radius 2 is 1.95 bits per heavy atom. The summed E-state index contributed by atoms with van der Waals surface area (Å²) in [5.74, 6) is 0. The quantitative estimate of drug-likeness (QED) is 0.724. The Bertz CT molecular complexity index is 393. The number of nitrogens with one attached hydrogen (secondary N) is 1. The van der Waals surface area contributed by atoms with Crippen molar-refractivity contribution < 1.29 is 0 Å². The highest BCUT2D eigenvalue weighted by Crippen LogP contribution is 2.32. The van der Waals surface area contributed by atoms with Gasteiger partial charge in [0.15, 0.2) is 0 Å². The second kappa shape index (κ2) is 7.31. The summed E-state index contributed by atoms with van der Waals surface area (Å²) in [6.45, 7) is 12.2. The highest BCUT2D eigenvalue weighted by molar-refractivity contribution is 6.32. The Kier molecular flexibility index (Phi) is 6.35. The van der Waals surface area contributed by atoms with Crippen molar-refractivity contribution in [2.75, 3.05) is 6.54 Å². The third-order valence-electron chi connectivity index (χ3n) is 3.42. The molecule has 0 spiro atoms. The van der Waals surface area contributed by atoms with E-state index in [-0.39, 0.29) is 0 Å². The maximum atomic E-state index is 6.48. The van der Waals surface area contributed by atoms with E-state index in [1.807, 2.05) is 0 Å². The normalized spacial score (nSPS) is 13.6. The number of hydrogen-bond acceptors (Lipinski definition) is 1. The summed E-state index contributed by atoms with van der Waals surface area (Å²) >= 11 is 6.48. The number of aryl methyl sites for hydroxylation is 1. The fraction of sp³-hybridized carbons (Fsp3) is 0.647. The molecule has 0 radical (unpaired) electrons. The van der Waals surface area contributed by atoms with Crippen LogP contribution in [0.3, 0.4) is 0 Å². The van der Waals surface area contributed by atoms with Crippen LogP contribution in [-0.2, 0) is 0 Å². The molecule has 0 saturated carbocycles. The van der Waals surface area contributed by atoms with Crippen LogP contribution in [0.25, 0.3) is 0 Å². The summed E-state index contributed by atoms with van der Waals surface area (Å²) in [7, 11) is 0. The molecule has 1 rings (SSSR count). The first kappa shape index (κ1) is 16.5. The monoisotopic (exact) mass is 281 g/mol. The Balaban J connectivity index is 2.86. The first-order valence-corrected chi connectivity index (χ1v) is 7.71. The number of benzene rings is 1. The van der Waals surface area contributed by atoms with E-state index in [0.29, 0.717) is 11.5 Å². The van der Waals surface area contributed by atoms with Crippen molar-refractivity contribution in [2.24, 2.45) is 5.41 Å². The topological polar surface area (TPSA) is 12.0 Å². The molecule has 108 valence electrons. The zero-order valence-electron chi connectivity index (χ0n) is 13.0. The Hall–Kier alpha value is -0.530. The fourth-order valence-corrected chi connectivity index (χ4v) is 2.46. The van der Waals surface area contributed by atoms with Crippen LogP contribution in [0.5, 0.6) is 0 Å². The van der Waals surface area contributed by atoms with Gasteiger partial charge in [0.05, 0.1) is 0 Å². The van der Waals surface area contributed by atoms with Gasteiger partial charge in [0, 0.05) is 11.1 Å². The van der Waals surface area contributed by atoms with E-state index in [2.05, 4.69) is 58.1 Å². The molecular weight excluding hydrogens is 254 g/mol. The van der Waals surface area contributed by atoms with E-state index in [0.717, 1.165) is 24.4 Å². The molecule has 19 heavy (non-hydrogen) atoms. The molecule has 1 aromatic carbocycles. The number of rotatable bonds is 6. The summed E-state index contributed by atoms with van der Waals surface area (Å²) in [5.41, 5.74) is 2.78. The van der Waals surface area contributed by atoms with Crippen LogP contribution in [0.1, 0.15) is 64.1 Å². The van der Waals surface area contributed by atoms with Crippen molar-refractivity contribution >= 4 is 11.6 Å². The van der Waals surface area contributed by atoms with Crippen LogP contribution >= 0.6 is 11.6 Å². The fourth-order valence-electron chi connectivity index (χ4n) is 2.20. The van der Waals surface area contributed by atoms with Crippen LogP contribution in [0, 0.1) is 12.3 Å². The van der Waals surface area contributed by atoms with Crippen LogP contribution in [0.15, 0.2) is 18.2 Å². The Morgan fingerprint density at radius 3 is 2.53 bits per heavy atom. The lowest BCUT2D eigenvalue weighted by Crippen LogP contribution is -2.24. The minimum Gasteiger partial charge on any atom is -0.310 e. The lowest BCUT2D eigenvalue weighted by atomic mass is 9.87. The molecule has 0 amide bonds. The molecular formula is C17H28ClN. The first-order valence-electron chi connectivity index (χ1n) is 7.33. The van der Waals surface area contributed by atoms with E-state index < -0.39 is 0 Å². The van der Waals surface area contributed by atoms with Crippen LogP contribution in [-0.4, -0.2) is 6.54 Å². The summed E-state index contributed by atoms with van der Waals surface area (Å²) in [6, 6.07) is 6.71. The zero-order valence-corrected chi connectivity index (χ0v) is 13.8. The summed E-state index contributed by atoms with van der Waals surface area (Å²) in [5, 5.41) is 4.56. The van der Waals surface area contributed by atoms with E-state index in [1.54, 1.807) is 0 Å². The van der Waals surface area contributed by atoms with Crippen LogP contribution in [0.2, 0.25) is 5.02 Å². The molecule has 2 heteroatoms. The summed E-state index contributed by atoms with van der Waals surface area (Å²) < 4.78 is 0. The van der Waals surface area contributed by atoms with Gasteiger partial charge in [-0.25, -0.2) is 0 Å². The molecule has 0 heterocycles. The Labute approximate surface area is 123 Å². The van der Waals surface area contributed by atoms with Crippen LogP contribution in [0.4, 0.5) is 0 Å². The lowest BCUT2D eigenvalue weighted by molar-refractivity contribution is 0.332. The highest BCUT2D eigenvalue weighted by atomic mass is 35.5. The third kappa shape index (κ3) is 5.54.